The molecule has 0 aliphatic carbocycles. The number of nitrogens with one attached hydrogen (secondary N) is 1. The number of imidazole rings is 1. The third-order valence-corrected chi connectivity index (χ3v) is 3.46. The Morgan fingerprint density at radius 3 is 2.74 bits per heavy atom. The second-order valence-corrected chi connectivity index (χ2v) is 5.25. The molecule has 0 saturated heterocycles. The van der Waals surface area contributed by atoms with E-state index in [4.69, 9.17) is 17.5 Å². The van der Waals surface area contributed by atoms with Crippen LogP contribution in [0, 0.1) is 16.1 Å². The van der Waals surface area contributed by atoms with Crippen molar-refractivity contribution in [3.63, 3.8) is 0 Å². The number of nitriles is 1. The Morgan fingerprint density at radius 1 is 1.32 bits per heavy atom. The minimum Gasteiger partial charge on any atom is -0.329 e. The number of rotatable bonds is 1. The molecule has 19 heavy (non-hydrogen) atoms. The molecule has 3 aromatic rings. The van der Waals surface area contributed by atoms with Crippen LogP contribution < -0.4 is 0 Å². The van der Waals surface area contributed by atoms with Crippen LogP contribution in [0.5, 0.6) is 0 Å². The summed E-state index contributed by atoms with van der Waals surface area (Å²) in [4.78, 5) is 7.49. The number of aromatic amines is 1. The van der Waals surface area contributed by atoms with Crippen LogP contribution >= 0.6 is 28.1 Å². The monoisotopic (exact) mass is 330 g/mol. The molecule has 0 atom stereocenters. The maximum absolute atomic E-state index is 8.81. The Labute approximate surface area is 122 Å². The van der Waals surface area contributed by atoms with Crippen molar-refractivity contribution in [1.82, 2.24) is 14.5 Å². The summed E-state index contributed by atoms with van der Waals surface area (Å²) in [5.74, 6) is 0. The van der Waals surface area contributed by atoms with Gasteiger partial charge in [0.05, 0.1) is 17.1 Å². The molecular weight excluding hydrogens is 324 g/mol. The van der Waals surface area contributed by atoms with Crippen molar-refractivity contribution in [2.24, 2.45) is 0 Å². The highest BCUT2D eigenvalue weighted by Crippen LogP contribution is 2.20. The fourth-order valence-corrected chi connectivity index (χ4v) is 2.53. The lowest BCUT2D eigenvalue weighted by Gasteiger charge is -2.03. The Kier molecular flexibility index (Phi) is 2.93. The summed E-state index contributed by atoms with van der Waals surface area (Å²) >= 11 is 8.71. The summed E-state index contributed by atoms with van der Waals surface area (Å²) in [6, 6.07) is 11.2. The van der Waals surface area contributed by atoms with E-state index in [1.807, 2.05) is 22.8 Å². The molecule has 1 N–H and O–H groups in total. The molecule has 0 fully saturated rings. The first-order valence-electron chi connectivity index (χ1n) is 5.46. The molecule has 1 aromatic carbocycles. The van der Waals surface area contributed by atoms with Crippen LogP contribution in [0.15, 0.2) is 41.0 Å². The molecule has 92 valence electrons. The van der Waals surface area contributed by atoms with Crippen LogP contribution in [0.2, 0.25) is 0 Å². The van der Waals surface area contributed by atoms with Gasteiger partial charge in [-0.3, -0.25) is 4.57 Å². The molecule has 2 aromatic heterocycles. The van der Waals surface area contributed by atoms with Crippen LogP contribution in [-0.2, 0) is 0 Å². The number of pyridine rings is 1. The Balaban J connectivity index is 2.27. The highest BCUT2D eigenvalue weighted by Gasteiger charge is 2.08. The Bertz CT molecular complexity index is 855. The number of H-pyrrole nitrogens is 1. The van der Waals surface area contributed by atoms with Gasteiger partial charge in [-0.25, -0.2) is 4.98 Å². The van der Waals surface area contributed by atoms with Gasteiger partial charge in [-0.2, -0.15) is 5.26 Å². The third-order valence-electron chi connectivity index (χ3n) is 2.74. The second kappa shape index (κ2) is 4.61. The highest BCUT2D eigenvalue weighted by molar-refractivity contribution is 9.10. The van der Waals surface area contributed by atoms with E-state index in [-0.39, 0.29) is 0 Å². The summed E-state index contributed by atoms with van der Waals surface area (Å²) in [6.07, 6.45) is 1.73. The lowest BCUT2D eigenvalue weighted by atomic mass is 10.2. The van der Waals surface area contributed by atoms with E-state index in [1.54, 1.807) is 18.3 Å². The topological polar surface area (TPSA) is 57.4 Å². The van der Waals surface area contributed by atoms with Crippen LogP contribution in [0.3, 0.4) is 0 Å². The summed E-state index contributed by atoms with van der Waals surface area (Å²) in [5.41, 5.74) is 3.12. The number of hydrogen-bond acceptors (Lipinski definition) is 3. The first-order valence-corrected chi connectivity index (χ1v) is 6.66. The number of halogens is 1. The molecule has 0 unspecified atom stereocenters. The van der Waals surface area contributed by atoms with E-state index in [0.29, 0.717) is 10.3 Å². The molecule has 0 saturated carbocycles. The third kappa shape index (κ3) is 2.07. The van der Waals surface area contributed by atoms with Crippen molar-refractivity contribution >= 4 is 39.3 Å². The highest BCUT2D eigenvalue weighted by atomic mass is 79.9. The van der Waals surface area contributed by atoms with Gasteiger partial charge in [-0.15, -0.1) is 0 Å². The standard InChI is InChI=1S/C13H7BrN4S/c14-9-5-11-12(16-7-9)18(13(19)17-11)10-3-1-8(6-15)2-4-10/h1-5,7H,(H,17,19). The lowest BCUT2D eigenvalue weighted by molar-refractivity contribution is 1.04. The van der Waals surface area contributed by atoms with Gasteiger partial charge in [0, 0.05) is 16.4 Å². The zero-order valence-electron chi connectivity index (χ0n) is 9.59. The fraction of sp³-hybridized carbons (Fsp3) is 0. The lowest BCUT2D eigenvalue weighted by Crippen LogP contribution is -1.95. The zero-order valence-corrected chi connectivity index (χ0v) is 12.0. The van der Waals surface area contributed by atoms with Gasteiger partial charge in [0.25, 0.3) is 0 Å². The number of aromatic nitrogens is 3. The first-order chi connectivity index (χ1) is 9.19. The molecule has 3 rings (SSSR count). The molecule has 4 nitrogen and oxygen atoms in total. The molecular formula is C13H7BrN4S. The van der Waals surface area contributed by atoms with Gasteiger partial charge in [0.15, 0.2) is 10.4 Å². The average molecular weight is 331 g/mol. The average Bonchev–Trinajstić information content (AvgIpc) is 2.74. The number of benzene rings is 1. The molecule has 0 aliphatic rings. The molecule has 0 amide bonds. The van der Waals surface area contributed by atoms with Gasteiger partial charge < -0.3 is 4.98 Å². The minimum absolute atomic E-state index is 0.574. The van der Waals surface area contributed by atoms with Crippen molar-refractivity contribution in [1.29, 1.82) is 5.26 Å². The normalized spacial score (nSPS) is 10.5. The smallest absolute Gasteiger partial charge is 0.183 e. The van der Waals surface area contributed by atoms with Gasteiger partial charge in [0.2, 0.25) is 0 Å². The zero-order chi connectivity index (χ0) is 13.4. The van der Waals surface area contributed by atoms with Crippen LogP contribution in [0.25, 0.3) is 16.9 Å². The quantitative estimate of drug-likeness (QED) is 0.692. The number of hydrogen-bond donors (Lipinski definition) is 1. The SMILES string of the molecule is N#Cc1ccc(-n2c(=S)[nH]c3cc(Br)cnc32)cc1. The summed E-state index contributed by atoms with van der Waals surface area (Å²) < 4.78 is 3.31. The van der Waals surface area contributed by atoms with Crippen LogP contribution in [0.4, 0.5) is 0 Å². The van der Waals surface area contributed by atoms with Gasteiger partial charge >= 0.3 is 0 Å². The van der Waals surface area contributed by atoms with E-state index in [0.717, 1.165) is 21.3 Å². The number of fused-ring (bicyclic) bond motifs is 1. The summed E-state index contributed by atoms with van der Waals surface area (Å²) in [7, 11) is 0. The maximum atomic E-state index is 8.81. The summed E-state index contributed by atoms with van der Waals surface area (Å²) in [5, 5.41) is 8.81. The van der Waals surface area contributed by atoms with E-state index >= 15 is 0 Å². The van der Waals surface area contributed by atoms with Crippen molar-refractivity contribution in [3.8, 4) is 11.8 Å². The van der Waals surface area contributed by atoms with Crippen molar-refractivity contribution in [2.75, 3.05) is 0 Å². The van der Waals surface area contributed by atoms with E-state index in [1.165, 1.54) is 0 Å². The minimum atomic E-state index is 0.574. The van der Waals surface area contributed by atoms with Crippen LogP contribution in [-0.4, -0.2) is 14.5 Å². The first kappa shape index (κ1) is 12.1. The van der Waals surface area contributed by atoms with Crippen molar-refractivity contribution in [2.45, 2.75) is 0 Å². The molecule has 0 bridgehead atoms. The Morgan fingerprint density at radius 2 is 2.05 bits per heavy atom. The van der Waals surface area contributed by atoms with Gasteiger partial charge in [-0.1, -0.05) is 0 Å². The summed E-state index contributed by atoms with van der Waals surface area (Å²) in [6.45, 7) is 0. The van der Waals surface area contributed by atoms with E-state index in [9.17, 15) is 0 Å². The maximum Gasteiger partial charge on any atom is 0.183 e. The predicted octanol–water partition coefficient (Wildman–Crippen LogP) is 3.72. The molecule has 0 aliphatic heterocycles. The van der Waals surface area contributed by atoms with E-state index in [2.05, 4.69) is 32.0 Å². The number of nitrogens with zero attached hydrogens (tertiary/aromatic N) is 3. The predicted molar refractivity (Wildman–Crippen MR) is 78.7 cm³/mol. The molecule has 2 heterocycles. The molecule has 6 heteroatoms. The fourth-order valence-electron chi connectivity index (χ4n) is 1.89. The molecule has 0 radical (unpaired) electrons. The van der Waals surface area contributed by atoms with Crippen molar-refractivity contribution in [3.05, 3.63) is 51.3 Å². The largest absolute Gasteiger partial charge is 0.329 e. The van der Waals surface area contributed by atoms with Crippen LogP contribution in [0.1, 0.15) is 5.56 Å². The Hall–Kier alpha value is -1.97. The van der Waals surface area contributed by atoms with Gasteiger partial charge in [0.1, 0.15) is 0 Å². The molecule has 0 spiro atoms. The second-order valence-electron chi connectivity index (χ2n) is 3.95. The van der Waals surface area contributed by atoms with Crippen molar-refractivity contribution < 1.29 is 0 Å². The van der Waals surface area contributed by atoms with Gasteiger partial charge in [-0.05, 0) is 58.5 Å². The van der Waals surface area contributed by atoms with E-state index < -0.39 is 0 Å².